The summed E-state index contributed by atoms with van der Waals surface area (Å²) in [5.74, 6) is 0. The van der Waals surface area contributed by atoms with Gasteiger partial charge in [0, 0.05) is 17.4 Å². The first-order valence-corrected chi connectivity index (χ1v) is 7.93. The molecule has 1 aliphatic heterocycles. The average Bonchev–Trinajstić information content (AvgIpc) is 2.89. The molecule has 1 fully saturated rings. The first-order chi connectivity index (χ1) is 11.1. The Morgan fingerprint density at radius 1 is 1.30 bits per heavy atom. The Morgan fingerprint density at radius 3 is 2.70 bits per heavy atom. The van der Waals surface area contributed by atoms with E-state index in [0.29, 0.717) is 5.03 Å². The SMILES string of the molecule is O=c1cc(Sc2ccccc2)n([C@@H]2O[C@H](CO)C[C@H]2O)c(=O)[nH]1. The van der Waals surface area contributed by atoms with Gasteiger partial charge in [0.2, 0.25) is 0 Å². The van der Waals surface area contributed by atoms with Gasteiger partial charge in [0.05, 0.1) is 17.7 Å². The van der Waals surface area contributed by atoms with Gasteiger partial charge in [-0.1, -0.05) is 30.0 Å². The first-order valence-electron chi connectivity index (χ1n) is 7.11. The van der Waals surface area contributed by atoms with Gasteiger partial charge in [0.25, 0.3) is 5.56 Å². The van der Waals surface area contributed by atoms with Gasteiger partial charge in [-0.3, -0.25) is 14.3 Å². The van der Waals surface area contributed by atoms with Gasteiger partial charge in [0.1, 0.15) is 6.10 Å². The smallest absolute Gasteiger partial charge is 0.331 e. The number of H-pyrrole nitrogens is 1. The van der Waals surface area contributed by atoms with E-state index in [1.54, 1.807) is 0 Å². The lowest BCUT2D eigenvalue weighted by Gasteiger charge is -2.20. The van der Waals surface area contributed by atoms with E-state index in [9.17, 15) is 19.8 Å². The molecule has 3 N–H and O–H groups in total. The Bertz CT molecular complexity index is 788. The Morgan fingerprint density at radius 2 is 2.04 bits per heavy atom. The average molecular weight is 336 g/mol. The van der Waals surface area contributed by atoms with Crippen LogP contribution in [0.2, 0.25) is 0 Å². The van der Waals surface area contributed by atoms with Crippen LogP contribution in [-0.4, -0.2) is 38.6 Å². The molecule has 0 saturated carbocycles. The van der Waals surface area contributed by atoms with Crippen LogP contribution in [0.25, 0.3) is 0 Å². The molecule has 0 unspecified atom stereocenters. The van der Waals surface area contributed by atoms with Crippen molar-refractivity contribution >= 4 is 11.8 Å². The molecular formula is C15H16N2O5S. The number of hydrogen-bond donors (Lipinski definition) is 3. The van der Waals surface area contributed by atoms with Gasteiger partial charge < -0.3 is 14.9 Å². The van der Waals surface area contributed by atoms with Crippen LogP contribution in [0, 0.1) is 0 Å². The standard InChI is InChI=1S/C15H16N2O5S/c18-8-9-6-11(19)14(22-9)17-13(7-12(20)16-15(17)21)23-10-4-2-1-3-5-10/h1-5,7,9,11,14,18-19H,6,8H2,(H,16,20,21)/t9-,11+,14+/m0/s1. The molecule has 2 heterocycles. The second kappa shape index (κ2) is 6.71. The minimum absolute atomic E-state index is 0.224. The van der Waals surface area contributed by atoms with Crippen molar-refractivity contribution in [1.29, 1.82) is 0 Å². The summed E-state index contributed by atoms with van der Waals surface area (Å²) in [7, 11) is 0. The zero-order valence-corrected chi connectivity index (χ0v) is 12.9. The highest BCUT2D eigenvalue weighted by molar-refractivity contribution is 7.99. The van der Waals surface area contributed by atoms with Gasteiger partial charge in [-0.2, -0.15) is 0 Å². The zero-order chi connectivity index (χ0) is 16.4. The highest BCUT2D eigenvalue weighted by Crippen LogP contribution is 2.33. The minimum Gasteiger partial charge on any atom is -0.394 e. The number of rotatable bonds is 4. The summed E-state index contributed by atoms with van der Waals surface area (Å²) in [5, 5.41) is 19.7. The molecule has 0 spiro atoms. The molecule has 7 nitrogen and oxygen atoms in total. The van der Waals surface area contributed by atoms with Crippen molar-refractivity contribution < 1.29 is 14.9 Å². The highest BCUT2D eigenvalue weighted by atomic mass is 32.2. The molecule has 0 radical (unpaired) electrons. The highest BCUT2D eigenvalue weighted by Gasteiger charge is 2.36. The maximum atomic E-state index is 12.2. The predicted molar refractivity (Wildman–Crippen MR) is 83.5 cm³/mol. The van der Waals surface area contributed by atoms with Gasteiger partial charge in [-0.05, 0) is 12.1 Å². The summed E-state index contributed by atoms with van der Waals surface area (Å²) in [6.07, 6.45) is -2.20. The summed E-state index contributed by atoms with van der Waals surface area (Å²) in [6.45, 7) is -0.243. The van der Waals surface area contributed by atoms with Gasteiger partial charge in [-0.25, -0.2) is 4.79 Å². The fourth-order valence-corrected chi connectivity index (χ4v) is 3.48. The molecule has 8 heteroatoms. The quantitative estimate of drug-likeness (QED) is 0.695. The maximum Gasteiger partial charge on any atom is 0.331 e. The van der Waals surface area contributed by atoms with E-state index in [1.165, 1.54) is 22.4 Å². The van der Waals surface area contributed by atoms with Crippen LogP contribution in [0.4, 0.5) is 0 Å². The van der Waals surface area contributed by atoms with E-state index in [4.69, 9.17) is 4.74 Å². The Hall–Kier alpha value is -1.87. The number of benzene rings is 1. The maximum absolute atomic E-state index is 12.2. The fourth-order valence-electron chi connectivity index (χ4n) is 2.49. The first kappa shape index (κ1) is 16.0. The van der Waals surface area contributed by atoms with E-state index in [-0.39, 0.29) is 13.0 Å². The molecular weight excluding hydrogens is 320 g/mol. The van der Waals surface area contributed by atoms with Gasteiger partial charge in [-0.15, -0.1) is 0 Å². The third kappa shape index (κ3) is 3.40. The largest absolute Gasteiger partial charge is 0.394 e. The Labute approximate surface area is 135 Å². The van der Waals surface area contributed by atoms with Crippen molar-refractivity contribution in [1.82, 2.24) is 9.55 Å². The monoisotopic (exact) mass is 336 g/mol. The van der Waals surface area contributed by atoms with Crippen LogP contribution < -0.4 is 11.2 Å². The Balaban J connectivity index is 2.02. The number of aliphatic hydroxyl groups is 2. The van der Waals surface area contributed by atoms with Crippen LogP contribution >= 0.6 is 11.8 Å². The van der Waals surface area contributed by atoms with Crippen LogP contribution in [0.5, 0.6) is 0 Å². The predicted octanol–water partition coefficient (Wildman–Crippen LogP) is 0.328. The van der Waals surface area contributed by atoms with Crippen molar-refractivity contribution in [2.75, 3.05) is 6.61 Å². The molecule has 23 heavy (non-hydrogen) atoms. The third-order valence-corrected chi connectivity index (χ3v) is 4.56. The number of nitrogens with one attached hydrogen (secondary N) is 1. The van der Waals surface area contributed by atoms with Gasteiger partial charge >= 0.3 is 5.69 Å². The number of aromatic nitrogens is 2. The number of nitrogens with zero attached hydrogens (tertiary/aromatic N) is 1. The van der Waals surface area contributed by atoms with Crippen molar-refractivity contribution in [3.63, 3.8) is 0 Å². The fraction of sp³-hybridized carbons (Fsp3) is 0.333. The van der Waals surface area contributed by atoms with Crippen molar-refractivity contribution in [2.45, 2.75) is 34.8 Å². The Kier molecular flexibility index (Phi) is 4.67. The van der Waals surface area contributed by atoms with Crippen molar-refractivity contribution in [3.8, 4) is 0 Å². The van der Waals surface area contributed by atoms with E-state index in [0.717, 1.165) is 4.90 Å². The van der Waals surface area contributed by atoms with E-state index >= 15 is 0 Å². The molecule has 3 atom stereocenters. The van der Waals surface area contributed by atoms with E-state index < -0.39 is 29.7 Å². The molecule has 1 aromatic carbocycles. The summed E-state index contributed by atoms with van der Waals surface area (Å²) in [5.41, 5.74) is -1.17. The molecule has 0 amide bonds. The molecule has 0 aliphatic carbocycles. The van der Waals surface area contributed by atoms with Crippen molar-refractivity contribution in [3.05, 3.63) is 57.2 Å². The molecule has 1 saturated heterocycles. The summed E-state index contributed by atoms with van der Waals surface area (Å²) in [4.78, 5) is 26.9. The van der Waals surface area contributed by atoms with Crippen LogP contribution in [0.1, 0.15) is 12.6 Å². The normalized spacial score (nSPS) is 24.0. The third-order valence-electron chi connectivity index (χ3n) is 3.53. The summed E-state index contributed by atoms with van der Waals surface area (Å²) >= 11 is 1.23. The van der Waals surface area contributed by atoms with Crippen LogP contribution in [-0.2, 0) is 4.74 Å². The molecule has 122 valence electrons. The lowest BCUT2D eigenvalue weighted by atomic mass is 10.2. The van der Waals surface area contributed by atoms with Crippen LogP contribution in [0.3, 0.4) is 0 Å². The zero-order valence-electron chi connectivity index (χ0n) is 12.1. The number of aliphatic hydroxyl groups excluding tert-OH is 2. The molecule has 2 aromatic rings. The molecule has 1 aliphatic rings. The molecule has 3 rings (SSSR count). The number of ether oxygens (including phenoxy) is 1. The van der Waals surface area contributed by atoms with Crippen LogP contribution in [0.15, 0.2) is 55.9 Å². The summed E-state index contributed by atoms with van der Waals surface area (Å²) in [6, 6.07) is 10.6. The summed E-state index contributed by atoms with van der Waals surface area (Å²) < 4.78 is 6.76. The van der Waals surface area contributed by atoms with Crippen molar-refractivity contribution in [2.24, 2.45) is 0 Å². The van der Waals surface area contributed by atoms with E-state index in [1.807, 2.05) is 30.3 Å². The topological polar surface area (TPSA) is 105 Å². The van der Waals surface area contributed by atoms with Gasteiger partial charge in [0.15, 0.2) is 6.23 Å². The lowest BCUT2D eigenvalue weighted by Crippen LogP contribution is -2.36. The molecule has 1 aromatic heterocycles. The minimum atomic E-state index is -0.942. The second-order valence-corrected chi connectivity index (χ2v) is 6.29. The van der Waals surface area contributed by atoms with E-state index in [2.05, 4.69) is 4.98 Å². The lowest BCUT2D eigenvalue weighted by molar-refractivity contribution is -0.0574. The number of hydrogen-bond acceptors (Lipinski definition) is 6. The second-order valence-electron chi connectivity index (χ2n) is 5.20. The number of aromatic amines is 1. The molecule has 0 bridgehead atoms.